The van der Waals surface area contributed by atoms with E-state index in [4.69, 9.17) is 11.6 Å². The number of nitrogens with one attached hydrogen (secondary N) is 1. The quantitative estimate of drug-likeness (QED) is 0.821. The van der Waals surface area contributed by atoms with Gasteiger partial charge in [-0.2, -0.15) is 4.31 Å². The molecular weight excluding hydrogens is 350 g/mol. The molecule has 0 aromatic heterocycles. The van der Waals surface area contributed by atoms with Crippen LogP contribution >= 0.6 is 11.6 Å². The van der Waals surface area contributed by atoms with Crippen LogP contribution in [0.5, 0.6) is 0 Å². The lowest BCUT2D eigenvalue weighted by molar-refractivity contribution is -0.123. The van der Waals surface area contributed by atoms with Gasteiger partial charge in [0.25, 0.3) is 0 Å². The molecule has 1 heterocycles. The van der Waals surface area contributed by atoms with Gasteiger partial charge in [0.05, 0.1) is 11.4 Å². The van der Waals surface area contributed by atoms with E-state index in [0.717, 1.165) is 6.42 Å². The summed E-state index contributed by atoms with van der Waals surface area (Å²) in [6.45, 7) is 6.09. The predicted octanol–water partition coefficient (Wildman–Crippen LogP) is 1.56. The summed E-state index contributed by atoms with van der Waals surface area (Å²) in [4.78, 5) is 14.1. The third-order valence-electron chi connectivity index (χ3n) is 4.15. The maximum atomic E-state index is 12.6. The zero-order valence-electron chi connectivity index (χ0n) is 14.0. The molecule has 1 fully saturated rings. The third-order valence-corrected chi connectivity index (χ3v) is 6.28. The Kier molecular flexibility index (Phi) is 6.62. The smallest absolute Gasteiger partial charge is 0.243 e. The first-order valence-electron chi connectivity index (χ1n) is 8.10. The zero-order chi connectivity index (χ0) is 17.7. The summed E-state index contributed by atoms with van der Waals surface area (Å²) in [6, 6.07) is 6.44. The third kappa shape index (κ3) is 4.92. The first kappa shape index (κ1) is 19.2. The van der Waals surface area contributed by atoms with Crippen LogP contribution in [-0.2, 0) is 14.8 Å². The topological polar surface area (TPSA) is 69.7 Å². The molecule has 1 amide bonds. The average Bonchev–Trinajstić information content (AvgIpc) is 2.55. The second kappa shape index (κ2) is 8.29. The molecule has 0 unspecified atom stereocenters. The number of rotatable bonds is 6. The van der Waals surface area contributed by atoms with Gasteiger partial charge in [0.1, 0.15) is 0 Å². The highest BCUT2D eigenvalue weighted by Gasteiger charge is 2.29. The predicted molar refractivity (Wildman–Crippen MR) is 94.5 cm³/mol. The number of nitrogens with zero attached hydrogens (tertiary/aromatic N) is 2. The van der Waals surface area contributed by atoms with Crippen LogP contribution in [0.2, 0.25) is 5.02 Å². The number of piperazine rings is 1. The fourth-order valence-corrected chi connectivity index (χ4v) is 4.25. The Bertz CT molecular complexity index is 673. The highest BCUT2D eigenvalue weighted by molar-refractivity contribution is 7.89. The monoisotopic (exact) mass is 373 g/mol. The van der Waals surface area contributed by atoms with Gasteiger partial charge in [-0.3, -0.25) is 9.69 Å². The summed E-state index contributed by atoms with van der Waals surface area (Å²) in [5, 5.41) is 3.32. The molecule has 0 aliphatic carbocycles. The number of hydrogen-bond donors (Lipinski definition) is 1. The van der Waals surface area contributed by atoms with Crippen molar-refractivity contribution < 1.29 is 13.2 Å². The number of amides is 1. The van der Waals surface area contributed by atoms with E-state index in [0.29, 0.717) is 37.7 Å². The summed E-state index contributed by atoms with van der Waals surface area (Å²) < 4.78 is 26.7. The zero-order valence-corrected chi connectivity index (χ0v) is 15.6. The minimum Gasteiger partial charge on any atom is -0.353 e. The Morgan fingerprint density at radius 1 is 1.29 bits per heavy atom. The highest BCUT2D eigenvalue weighted by atomic mass is 35.5. The second-order valence-electron chi connectivity index (χ2n) is 6.01. The van der Waals surface area contributed by atoms with Crippen LogP contribution in [0.25, 0.3) is 0 Å². The molecule has 0 bridgehead atoms. The Morgan fingerprint density at radius 3 is 2.54 bits per heavy atom. The van der Waals surface area contributed by atoms with E-state index in [1.807, 2.05) is 18.7 Å². The first-order chi connectivity index (χ1) is 11.3. The Morgan fingerprint density at radius 2 is 1.96 bits per heavy atom. The molecule has 6 nitrogen and oxygen atoms in total. The maximum Gasteiger partial charge on any atom is 0.243 e. The van der Waals surface area contributed by atoms with Gasteiger partial charge in [0.2, 0.25) is 15.9 Å². The Balaban J connectivity index is 1.91. The van der Waals surface area contributed by atoms with Gasteiger partial charge in [-0.15, -0.1) is 0 Å². The van der Waals surface area contributed by atoms with Crippen molar-refractivity contribution in [2.45, 2.75) is 31.2 Å². The first-order valence-corrected chi connectivity index (χ1v) is 9.92. The van der Waals surface area contributed by atoms with Crippen LogP contribution in [0.3, 0.4) is 0 Å². The average molecular weight is 374 g/mol. The summed E-state index contributed by atoms with van der Waals surface area (Å²) in [6.07, 6.45) is 0.886. The largest absolute Gasteiger partial charge is 0.353 e. The molecule has 1 aromatic carbocycles. The molecule has 1 aromatic rings. The van der Waals surface area contributed by atoms with Gasteiger partial charge in [0.15, 0.2) is 0 Å². The summed E-state index contributed by atoms with van der Waals surface area (Å²) in [7, 11) is -3.54. The van der Waals surface area contributed by atoms with Crippen molar-refractivity contribution >= 4 is 27.5 Å². The summed E-state index contributed by atoms with van der Waals surface area (Å²) in [5.74, 6) is -0.0181. The van der Waals surface area contributed by atoms with Crippen LogP contribution in [0.1, 0.15) is 20.3 Å². The molecule has 1 saturated heterocycles. The minimum absolute atomic E-state index is 0.0181. The molecular formula is C16H24ClN3O3S. The fraction of sp³-hybridized carbons (Fsp3) is 0.562. The second-order valence-corrected chi connectivity index (χ2v) is 8.39. The number of hydrogen-bond acceptors (Lipinski definition) is 4. The molecule has 1 atom stereocenters. The maximum absolute atomic E-state index is 12.6. The van der Waals surface area contributed by atoms with Crippen LogP contribution in [0.15, 0.2) is 29.2 Å². The highest BCUT2D eigenvalue weighted by Crippen LogP contribution is 2.20. The van der Waals surface area contributed by atoms with E-state index in [-0.39, 0.29) is 16.8 Å². The molecule has 0 spiro atoms. The number of carbonyl (C=O) groups is 1. The van der Waals surface area contributed by atoms with Crippen molar-refractivity contribution in [3.8, 4) is 0 Å². The lowest BCUT2D eigenvalue weighted by Gasteiger charge is -2.33. The van der Waals surface area contributed by atoms with Crippen LogP contribution in [-0.4, -0.2) is 62.3 Å². The van der Waals surface area contributed by atoms with E-state index in [1.54, 1.807) is 18.2 Å². The number of sulfonamides is 1. The molecule has 1 N–H and O–H groups in total. The van der Waals surface area contributed by atoms with Crippen molar-refractivity contribution in [1.82, 2.24) is 14.5 Å². The van der Waals surface area contributed by atoms with Gasteiger partial charge in [-0.05, 0) is 31.5 Å². The van der Waals surface area contributed by atoms with Crippen molar-refractivity contribution in [3.05, 3.63) is 29.3 Å². The molecule has 0 saturated carbocycles. The van der Waals surface area contributed by atoms with Crippen LogP contribution < -0.4 is 5.32 Å². The van der Waals surface area contributed by atoms with Gasteiger partial charge in [-0.1, -0.05) is 24.6 Å². The molecule has 1 aliphatic rings. The van der Waals surface area contributed by atoms with E-state index in [2.05, 4.69) is 5.32 Å². The van der Waals surface area contributed by atoms with Crippen LogP contribution in [0.4, 0.5) is 0 Å². The van der Waals surface area contributed by atoms with Crippen molar-refractivity contribution in [2.24, 2.45) is 0 Å². The van der Waals surface area contributed by atoms with Crippen LogP contribution in [0, 0.1) is 0 Å². The van der Waals surface area contributed by atoms with E-state index in [9.17, 15) is 13.2 Å². The van der Waals surface area contributed by atoms with E-state index < -0.39 is 10.0 Å². The van der Waals surface area contributed by atoms with Gasteiger partial charge < -0.3 is 5.32 Å². The summed E-state index contributed by atoms with van der Waals surface area (Å²) in [5.41, 5.74) is 0. The number of benzene rings is 1. The lowest BCUT2D eigenvalue weighted by atomic mass is 10.2. The standard InChI is InChI=1S/C16H24ClN3O3S/c1-3-13(2)18-16(21)12-19-7-9-20(10-8-19)24(22,23)15-6-4-5-14(17)11-15/h4-6,11,13H,3,7-10,12H2,1-2H3,(H,18,21)/t13-/m1/s1. The normalized spacial score (nSPS) is 18.3. The van der Waals surface area contributed by atoms with Gasteiger partial charge >= 0.3 is 0 Å². The number of carbonyl (C=O) groups excluding carboxylic acids is 1. The number of halogens is 1. The van der Waals surface area contributed by atoms with Gasteiger partial charge in [-0.25, -0.2) is 8.42 Å². The lowest BCUT2D eigenvalue weighted by Crippen LogP contribution is -2.51. The summed E-state index contributed by atoms with van der Waals surface area (Å²) >= 11 is 5.89. The SMILES string of the molecule is CC[C@@H](C)NC(=O)CN1CCN(S(=O)(=O)c2cccc(Cl)c2)CC1. The Labute approximate surface area is 148 Å². The molecule has 134 valence electrons. The van der Waals surface area contributed by atoms with E-state index >= 15 is 0 Å². The molecule has 24 heavy (non-hydrogen) atoms. The van der Waals surface area contributed by atoms with E-state index in [1.165, 1.54) is 10.4 Å². The minimum atomic E-state index is -3.54. The van der Waals surface area contributed by atoms with Gasteiger partial charge in [0, 0.05) is 37.2 Å². The van der Waals surface area contributed by atoms with Crippen molar-refractivity contribution in [2.75, 3.05) is 32.7 Å². The molecule has 8 heteroatoms. The van der Waals surface area contributed by atoms with Crippen molar-refractivity contribution in [1.29, 1.82) is 0 Å². The molecule has 1 aliphatic heterocycles. The molecule has 0 radical (unpaired) electrons. The van der Waals surface area contributed by atoms with Crippen molar-refractivity contribution in [3.63, 3.8) is 0 Å². The molecule has 2 rings (SSSR count). The fourth-order valence-electron chi connectivity index (χ4n) is 2.53. The Hall–Kier alpha value is -1.15.